The van der Waals surface area contributed by atoms with Gasteiger partial charge in [0.2, 0.25) is 0 Å². The molecule has 0 aliphatic carbocycles. The summed E-state index contributed by atoms with van der Waals surface area (Å²) in [5, 5.41) is 16.8. The van der Waals surface area contributed by atoms with Gasteiger partial charge in [0.25, 0.3) is 0 Å². The first-order chi connectivity index (χ1) is 8.29. The molecule has 2 N–H and O–H groups in total. The highest BCUT2D eigenvalue weighted by molar-refractivity contribution is 5.16. The second kappa shape index (κ2) is 5.61. The lowest BCUT2D eigenvalue weighted by Crippen LogP contribution is -2.23. The minimum Gasteiger partial charge on any atom is -0.394 e. The molecule has 1 heterocycles. The number of aliphatic hydroxyl groups excluding tert-OH is 1. The number of aliphatic hydroxyl groups is 1. The maximum absolute atomic E-state index is 9.37. The van der Waals surface area contributed by atoms with Crippen molar-refractivity contribution in [1.82, 2.24) is 15.1 Å². The average molecular weight is 231 g/mol. The van der Waals surface area contributed by atoms with Crippen molar-refractivity contribution >= 4 is 0 Å². The highest BCUT2D eigenvalue weighted by Crippen LogP contribution is 2.11. The van der Waals surface area contributed by atoms with E-state index in [0.29, 0.717) is 0 Å². The molecule has 90 valence electrons. The van der Waals surface area contributed by atoms with Crippen molar-refractivity contribution in [3.63, 3.8) is 0 Å². The molecule has 1 atom stereocenters. The van der Waals surface area contributed by atoms with Crippen molar-refractivity contribution < 1.29 is 5.11 Å². The van der Waals surface area contributed by atoms with Gasteiger partial charge in [-0.15, -0.1) is 0 Å². The van der Waals surface area contributed by atoms with Gasteiger partial charge in [0, 0.05) is 25.4 Å². The third-order valence-electron chi connectivity index (χ3n) is 2.71. The molecule has 0 amide bonds. The number of nitrogens with zero attached hydrogens (tertiary/aromatic N) is 2. The summed E-state index contributed by atoms with van der Waals surface area (Å²) in [5.74, 6) is 0. The number of aromatic nitrogens is 2. The van der Waals surface area contributed by atoms with E-state index in [0.717, 1.165) is 12.1 Å². The average Bonchev–Trinajstić information content (AvgIpc) is 2.78. The number of nitrogens with one attached hydrogen (secondary N) is 1. The first-order valence-electron chi connectivity index (χ1n) is 5.66. The summed E-state index contributed by atoms with van der Waals surface area (Å²) < 4.78 is 1.74. The molecule has 0 saturated carbocycles. The molecule has 2 aromatic rings. The summed E-state index contributed by atoms with van der Waals surface area (Å²) in [7, 11) is 1.87. The van der Waals surface area contributed by atoms with Crippen LogP contribution in [0.15, 0.2) is 42.7 Å². The van der Waals surface area contributed by atoms with Gasteiger partial charge < -0.3 is 10.4 Å². The molecule has 4 nitrogen and oxygen atoms in total. The largest absolute Gasteiger partial charge is 0.394 e. The standard InChI is InChI=1S/C13H17N3O/c1-16-9-12(8-15-16)13(10-17)14-7-11-5-3-2-4-6-11/h2-6,8-9,13-14,17H,7,10H2,1H3/t13-/m1/s1. The predicted molar refractivity (Wildman–Crippen MR) is 66.3 cm³/mol. The van der Waals surface area contributed by atoms with Crippen LogP contribution in [0.2, 0.25) is 0 Å². The molecule has 0 aliphatic heterocycles. The smallest absolute Gasteiger partial charge is 0.0627 e. The molecule has 0 aliphatic rings. The minimum atomic E-state index is -0.0658. The van der Waals surface area contributed by atoms with Crippen LogP contribution in [-0.2, 0) is 13.6 Å². The molecular weight excluding hydrogens is 214 g/mol. The number of hydrogen-bond acceptors (Lipinski definition) is 3. The second-order valence-electron chi connectivity index (χ2n) is 4.05. The molecule has 0 radical (unpaired) electrons. The lowest BCUT2D eigenvalue weighted by Gasteiger charge is -2.14. The van der Waals surface area contributed by atoms with Crippen LogP contribution in [0, 0.1) is 0 Å². The van der Waals surface area contributed by atoms with E-state index in [2.05, 4.69) is 22.5 Å². The normalized spacial score (nSPS) is 12.6. The van der Waals surface area contributed by atoms with Crippen LogP contribution >= 0.6 is 0 Å². The maximum atomic E-state index is 9.37. The summed E-state index contributed by atoms with van der Waals surface area (Å²) in [6.45, 7) is 0.805. The lowest BCUT2D eigenvalue weighted by atomic mass is 10.1. The molecule has 0 unspecified atom stereocenters. The Morgan fingerprint density at radius 3 is 2.71 bits per heavy atom. The van der Waals surface area contributed by atoms with E-state index in [9.17, 15) is 5.11 Å². The summed E-state index contributed by atoms with van der Waals surface area (Å²) in [5.41, 5.74) is 2.21. The quantitative estimate of drug-likeness (QED) is 0.814. The topological polar surface area (TPSA) is 50.1 Å². The van der Waals surface area contributed by atoms with Crippen LogP contribution in [0.25, 0.3) is 0 Å². The third kappa shape index (κ3) is 3.15. The van der Waals surface area contributed by atoms with E-state index in [1.54, 1.807) is 10.9 Å². The van der Waals surface area contributed by atoms with Gasteiger partial charge in [0.15, 0.2) is 0 Å². The van der Waals surface area contributed by atoms with Crippen LogP contribution < -0.4 is 5.32 Å². The molecule has 0 saturated heterocycles. The number of hydrogen-bond donors (Lipinski definition) is 2. The highest BCUT2D eigenvalue weighted by Gasteiger charge is 2.11. The van der Waals surface area contributed by atoms with E-state index in [-0.39, 0.29) is 12.6 Å². The van der Waals surface area contributed by atoms with Crippen molar-refractivity contribution in [2.75, 3.05) is 6.61 Å². The summed E-state index contributed by atoms with van der Waals surface area (Å²) in [4.78, 5) is 0. The number of benzene rings is 1. The van der Waals surface area contributed by atoms with Crippen molar-refractivity contribution in [3.05, 3.63) is 53.9 Å². The Balaban J connectivity index is 1.97. The molecule has 17 heavy (non-hydrogen) atoms. The zero-order valence-corrected chi connectivity index (χ0v) is 9.87. The monoisotopic (exact) mass is 231 g/mol. The van der Waals surface area contributed by atoms with Gasteiger partial charge in [0.1, 0.15) is 0 Å². The number of rotatable bonds is 5. The SMILES string of the molecule is Cn1cc([C@@H](CO)NCc2ccccc2)cn1. The van der Waals surface area contributed by atoms with Gasteiger partial charge in [-0.2, -0.15) is 5.10 Å². The van der Waals surface area contributed by atoms with Crippen molar-refractivity contribution in [1.29, 1.82) is 0 Å². The van der Waals surface area contributed by atoms with Crippen molar-refractivity contribution in [2.24, 2.45) is 7.05 Å². The molecule has 2 rings (SSSR count). The number of aryl methyl sites for hydroxylation is 1. The minimum absolute atomic E-state index is 0.0658. The summed E-state index contributed by atoms with van der Waals surface area (Å²) >= 11 is 0. The Bertz CT molecular complexity index is 453. The fourth-order valence-electron chi connectivity index (χ4n) is 1.74. The Morgan fingerprint density at radius 1 is 1.35 bits per heavy atom. The van der Waals surface area contributed by atoms with E-state index in [1.165, 1.54) is 5.56 Å². The van der Waals surface area contributed by atoms with Gasteiger partial charge in [-0.1, -0.05) is 30.3 Å². The van der Waals surface area contributed by atoms with Crippen LogP contribution in [-0.4, -0.2) is 21.5 Å². The van der Waals surface area contributed by atoms with Crippen LogP contribution in [0.3, 0.4) is 0 Å². The zero-order valence-electron chi connectivity index (χ0n) is 9.87. The first-order valence-corrected chi connectivity index (χ1v) is 5.66. The Labute approximate surface area is 101 Å². The predicted octanol–water partition coefficient (Wildman–Crippen LogP) is 1.24. The fraction of sp³-hybridized carbons (Fsp3) is 0.308. The van der Waals surface area contributed by atoms with Gasteiger partial charge in [0.05, 0.1) is 18.8 Å². The molecule has 1 aromatic heterocycles. The van der Waals surface area contributed by atoms with Gasteiger partial charge >= 0.3 is 0 Å². The van der Waals surface area contributed by atoms with Crippen LogP contribution in [0.5, 0.6) is 0 Å². The van der Waals surface area contributed by atoms with Gasteiger partial charge in [-0.3, -0.25) is 4.68 Å². The van der Waals surface area contributed by atoms with Crippen molar-refractivity contribution in [2.45, 2.75) is 12.6 Å². The third-order valence-corrected chi connectivity index (χ3v) is 2.71. The van der Waals surface area contributed by atoms with E-state index in [1.807, 2.05) is 31.4 Å². The van der Waals surface area contributed by atoms with Crippen LogP contribution in [0.1, 0.15) is 17.2 Å². The van der Waals surface area contributed by atoms with E-state index in [4.69, 9.17) is 0 Å². The van der Waals surface area contributed by atoms with Gasteiger partial charge in [-0.05, 0) is 5.56 Å². The van der Waals surface area contributed by atoms with Crippen molar-refractivity contribution in [3.8, 4) is 0 Å². The van der Waals surface area contributed by atoms with Crippen LogP contribution in [0.4, 0.5) is 0 Å². The Kier molecular flexibility index (Phi) is 3.90. The summed E-state index contributed by atoms with van der Waals surface area (Å²) in [6.07, 6.45) is 3.69. The molecule has 1 aromatic carbocycles. The summed E-state index contributed by atoms with van der Waals surface area (Å²) in [6, 6.07) is 10.1. The maximum Gasteiger partial charge on any atom is 0.0627 e. The second-order valence-corrected chi connectivity index (χ2v) is 4.05. The highest BCUT2D eigenvalue weighted by atomic mass is 16.3. The van der Waals surface area contributed by atoms with E-state index < -0.39 is 0 Å². The molecular formula is C13H17N3O. The Morgan fingerprint density at radius 2 is 2.12 bits per heavy atom. The first kappa shape index (κ1) is 11.8. The fourth-order valence-corrected chi connectivity index (χ4v) is 1.74. The van der Waals surface area contributed by atoms with E-state index >= 15 is 0 Å². The molecule has 4 heteroatoms. The lowest BCUT2D eigenvalue weighted by molar-refractivity contribution is 0.243. The molecule has 0 fully saturated rings. The Hall–Kier alpha value is -1.65. The zero-order chi connectivity index (χ0) is 12.1. The molecule has 0 spiro atoms. The van der Waals surface area contributed by atoms with Gasteiger partial charge in [-0.25, -0.2) is 0 Å². The molecule has 0 bridgehead atoms.